The zero-order valence-electron chi connectivity index (χ0n) is 16.6. The highest BCUT2D eigenvalue weighted by Gasteiger charge is 2.48. The van der Waals surface area contributed by atoms with Gasteiger partial charge in [-0.25, -0.2) is 4.79 Å². The molecule has 4 amide bonds. The highest BCUT2D eigenvalue weighted by atomic mass is 32.2. The van der Waals surface area contributed by atoms with E-state index in [1.54, 1.807) is 20.2 Å². The molecule has 0 radical (unpaired) electrons. The van der Waals surface area contributed by atoms with Crippen LogP contribution < -0.4 is 9.64 Å². The lowest BCUT2D eigenvalue weighted by Gasteiger charge is -2.36. The van der Waals surface area contributed by atoms with Crippen LogP contribution in [0.2, 0.25) is 0 Å². The van der Waals surface area contributed by atoms with E-state index in [-0.39, 0.29) is 17.8 Å². The van der Waals surface area contributed by atoms with Gasteiger partial charge in [-0.3, -0.25) is 4.79 Å². The SMILES string of the molecule is COc1ccc(N2CCN(C(=O)C3=CC4C(=O)N(C)C(=O)[N+](C)=C4S3)CC2)cc1. The maximum absolute atomic E-state index is 13.0. The Hall–Kier alpha value is -2.81. The smallest absolute Gasteiger partial charge is 0.497 e. The molecule has 3 heterocycles. The summed E-state index contributed by atoms with van der Waals surface area (Å²) in [6.07, 6.45) is 1.69. The Morgan fingerprint density at radius 2 is 1.79 bits per heavy atom. The van der Waals surface area contributed by atoms with Gasteiger partial charge in [0.1, 0.15) is 11.7 Å². The van der Waals surface area contributed by atoms with Crippen molar-refractivity contribution in [2.24, 2.45) is 5.92 Å². The normalized spacial score (nSPS) is 22.1. The number of thioether (sulfide) groups is 1. The van der Waals surface area contributed by atoms with E-state index in [2.05, 4.69) is 4.90 Å². The standard InChI is InChI=1S/C20H23N4O4S/c1-21-17(25)15-12-16(29-19(15)22(2)20(21)27)18(26)24-10-8-23(9-11-24)13-4-6-14(28-3)7-5-13/h4-7,12,15H,8-11H2,1-3H3/q+1. The number of hydrogen-bond donors (Lipinski definition) is 0. The molecule has 8 nitrogen and oxygen atoms in total. The first-order valence-corrected chi connectivity index (χ1v) is 10.2. The average molecular weight is 415 g/mol. The highest BCUT2D eigenvalue weighted by molar-refractivity contribution is 8.18. The third-order valence-corrected chi connectivity index (χ3v) is 6.78. The lowest BCUT2D eigenvalue weighted by Crippen LogP contribution is -2.49. The van der Waals surface area contributed by atoms with E-state index in [9.17, 15) is 14.4 Å². The first-order valence-electron chi connectivity index (χ1n) is 9.40. The van der Waals surface area contributed by atoms with Gasteiger partial charge in [-0.15, -0.1) is 0 Å². The van der Waals surface area contributed by atoms with E-state index < -0.39 is 5.92 Å². The number of piperazine rings is 1. The molecule has 0 aliphatic carbocycles. The Labute approximate surface area is 173 Å². The molecule has 0 bridgehead atoms. The number of nitrogens with zero attached hydrogens (tertiary/aromatic N) is 4. The summed E-state index contributed by atoms with van der Waals surface area (Å²) in [4.78, 5) is 43.2. The van der Waals surface area contributed by atoms with Gasteiger partial charge < -0.3 is 14.5 Å². The Bertz CT molecular complexity index is 932. The van der Waals surface area contributed by atoms with Crippen molar-refractivity contribution in [1.82, 2.24) is 9.80 Å². The molecule has 152 valence electrons. The minimum Gasteiger partial charge on any atom is -0.497 e. The summed E-state index contributed by atoms with van der Waals surface area (Å²) in [5.41, 5.74) is 1.10. The van der Waals surface area contributed by atoms with E-state index in [0.717, 1.165) is 29.4 Å². The maximum Gasteiger partial charge on any atom is 0.500 e. The van der Waals surface area contributed by atoms with Crippen molar-refractivity contribution in [3.8, 4) is 5.75 Å². The van der Waals surface area contributed by atoms with Gasteiger partial charge in [0.2, 0.25) is 0 Å². The molecule has 1 saturated heterocycles. The van der Waals surface area contributed by atoms with Gasteiger partial charge in [0, 0.05) is 31.9 Å². The maximum atomic E-state index is 13.0. The molecule has 1 fully saturated rings. The van der Waals surface area contributed by atoms with Crippen molar-refractivity contribution in [3.63, 3.8) is 0 Å². The van der Waals surface area contributed by atoms with Crippen LogP contribution >= 0.6 is 11.8 Å². The molecule has 0 spiro atoms. The van der Waals surface area contributed by atoms with E-state index in [0.29, 0.717) is 23.0 Å². The van der Waals surface area contributed by atoms with Crippen LogP contribution in [0.25, 0.3) is 0 Å². The predicted molar refractivity (Wildman–Crippen MR) is 110 cm³/mol. The van der Waals surface area contributed by atoms with Crippen molar-refractivity contribution in [1.29, 1.82) is 0 Å². The van der Waals surface area contributed by atoms with Gasteiger partial charge in [-0.05, 0) is 42.1 Å². The average Bonchev–Trinajstić information content (AvgIpc) is 3.21. The van der Waals surface area contributed by atoms with Crippen LogP contribution in [-0.2, 0) is 9.59 Å². The van der Waals surface area contributed by atoms with Crippen molar-refractivity contribution in [2.45, 2.75) is 0 Å². The van der Waals surface area contributed by atoms with Crippen LogP contribution in [0.4, 0.5) is 10.5 Å². The molecule has 1 unspecified atom stereocenters. The first-order chi connectivity index (χ1) is 13.9. The largest absolute Gasteiger partial charge is 0.500 e. The Morgan fingerprint density at radius 3 is 2.41 bits per heavy atom. The fourth-order valence-corrected chi connectivity index (χ4v) is 4.90. The van der Waals surface area contributed by atoms with Gasteiger partial charge in [0.15, 0.2) is 5.04 Å². The van der Waals surface area contributed by atoms with Crippen LogP contribution in [0.3, 0.4) is 0 Å². The first kappa shape index (κ1) is 19.5. The fourth-order valence-electron chi connectivity index (χ4n) is 3.74. The molecule has 0 saturated carbocycles. The van der Waals surface area contributed by atoms with Crippen LogP contribution in [0.15, 0.2) is 35.2 Å². The van der Waals surface area contributed by atoms with Crippen molar-refractivity contribution < 1.29 is 23.7 Å². The van der Waals surface area contributed by atoms with Crippen LogP contribution in [0, 0.1) is 5.92 Å². The third-order valence-electron chi connectivity index (χ3n) is 5.51. The van der Waals surface area contributed by atoms with Crippen molar-refractivity contribution in [3.05, 3.63) is 35.2 Å². The fraction of sp³-hybridized carbons (Fsp3) is 0.400. The summed E-state index contributed by atoms with van der Waals surface area (Å²) in [5.74, 6) is -0.104. The molecule has 1 aromatic rings. The van der Waals surface area contributed by atoms with Gasteiger partial charge in [0.05, 0.1) is 26.1 Å². The summed E-state index contributed by atoms with van der Waals surface area (Å²) in [6, 6.07) is 7.52. The zero-order chi connectivity index (χ0) is 20.7. The summed E-state index contributed by atoms with van der Waals surface area (Å²) in [7, 11) is 4.74. The number of ether oxygens (including phenoxy) is 1. The molecular weight excluding hydrogens is 392 g/mol. The number of hydrogen-bond acceptors (Lipinski definition) is 6. The molecule has 1 atom stereocenters. The second kappa shape index (κ2) is 7.55. The summed E-state index contributed by atoms with van der Waals surface area (Å²) >= 11 is 1.23. The number of methoxy groups -OCH3 is 1. The molecule has 29 heavy (non-hydrogen) atoms. The second-order valence-corrected chi connectivity index (χ2v) is 8.23. The van der Waals surface area contributed by atoms with E-state index in [1.165, 1.54) is 23.4 Å². The van der Waals surface area contributed by atoms with Crippen LogP contribution in [-0.4, -0.2) is 84.6 Å². The Morgan fingerprint density at radius 1 is 1.14 bits per heavy atom. The topological polar surface area (TPSA) is 73.2 Å². The van der Waals surface area contributed by atoms with Gasteiger partial charge in [0.25, 0.3) is 5.91 Å². The minimum atomic E-state index is -0.549. The Kier molecular flexibility index (Phi) is 5.08. The molecule has 9 heteroatoms. The van der Waals surface area contributed by atoms with E-state index in [1.807, 2.05) is 29.2 Å². The lowest BCUT2D eigenvalue weighted by molar-refractivity contribution is -0.403. The number of urea groups is 1. The summed E-state index contributed by atoms with van der Waals surface area (Å²) in [5, 5.41) is 0.610. The molecule has 0 aromatic heterocycles. The van der Waals surface area contributed by atoms with E-state index >= 15 is 0 Å². The Balaban J connectivity index is 1.43. The number of benzene rings is 1. The quantitative estimate of drug-likeness (QED) is 0.692. The minimum absolute atomic E-state index is 0.0809. The number of anilines is 1. The van der Waals surface area contributed by atoms with E-state index in [4.69, 9.17) is 4.74 Å². The molecule has 3 aliphatic heterocycles. The number of rotatable bonds is 3. The number of carbonyl (C=O) groups is 3. The zero-order valence-corrected chi connectivity index (χ0v) is 17.4. The monoisotopic (exact) mass is 415 g/mol. The second-order valence-electron chi connectivity index (χ2n) is 7.17. The molecular formula is C20H23N4O4S+. The number of fused-ring (bicyclic) bond motifs is 1. The molecule has 1 aromatic carbocycles. The highest BCUT2D eigenvalue weighted by Crippen LogP contribution is 2.36. The van der Waals surface area contributed by atoms with Gasteiger partial charge >= 0.3 is 11.9 Å². The lowest BCUT2D eigenvalue weighted by atomic mass is 10.1. The number of imide groups is 1. The number of carbonyl (C=O) groups excluding carboxylic acids is 3. The van der Waals surface area contributed by atoms with Crippen LogP contribution in [0.5, 0.6) is 5.75 Å². The predicted octanol–water partition coefficient (Wildman–Crippen LogP) is 1.22. The summed E-state index contributed by atoms with van der Waals surface area (Å²) in [6.45, 7) is 2.67. The molecule has 0 N–H and O–H groups in total. The van der Waals surface area contributed by atoms with Gasteiger partial charge in [-0.1, -0.05) is 0 Å². The molecule has 4 rings (SSSR count). The number of amides is 4. The molecule has 3 aliphatic rings. The van der Waals surface area contributed by atoms with Crippen molar-refractivity contribution >= 4 is 40.3 Å². The third kappa shape index (κ3) is 3.39. The van der Waals surface area contributed by atoms with Crippen LogP contribution in [0.1, 0.15) is 0 Å². The van der Waals surface area contributed by atoms with Crippen molar-refractivity contribution in [2.75, 3.05) is 52.3 Å². The summed E-state index contributed by atoms with van der Waals surface area (Å²) < 4.78 is 6.65. The van der Waals surface area contributed by atoms with Gasteiger partial charge in [-0.2, -0.15) is 14.3 Å².